The van der Waals surface area contributed by atoms with Crippen molar-refractivity contribution < 1.29 is 151 Å². The molecule has 4 aliphatic rings. The van der Waals surface area contributed by atoms with Crippen LogP contribution in [0.25, 0.3) is 0 Å². The summed E-state index contributed by atoms with van der Waals surface area (Å²) < 4.78 is 244. The van der Waals surface area contributed by atoms with E-state index in [0.29, 0.717) is 6.08 Å². The van der Waals surface area contributed by atoms with Crippen LogP contribution in [0.15, 0.2) is 11.8 Å². The minimum Gasteiger partial charge on any atom is -0.479 e. The topological polar surface area (TPSA) is 594 Å². The first-order chi connectivity index (χ1) is 31.1. The molecule has 0 bridgehead atoms. The molecule has 69 heavy (non-hydrogen) atoms. The first kappa shape index (κ1) is 58.9. The predicted molar refractivity (Wildman–Crippen MR) is 210 cm³/mol. The van der Waals surface area contributed by atoms with Crippen LogP contribution in [-0.4, -0.2) is 249 Å². The molecule has 402 valence electrons. The molecule has 0 radical (unpaired) electrons. The Morgan fingerprint density at radius 3 is 1.45 bits per heavy atom. The number of carboxylic acids is 2. The van der Waals surface area contributed by atoms with Crippen LogP contribution in [-0.2, 0) is 104 Å². The fourth-order valence-electron chi connectivity index (χ4n) is 7.34. The van der Waals surface area contributed by atoms with Gasteiger partial charge in [0.2, 0.25) is 12.0 Å². The normalized spacial score (nSPS) is 37.6. The smallest absolute Gasteiger partial charge is 0.371 e. The highest BCUT2D eigenvalue weighted by atomic mass is 32.3. The van der Waals surface area contributed by atoms with Crippen molar-refractivity contribution in [1.29, 1.82) is 0 Å². The Labute approximate surface area is 389 Å². The van der Waals surface area contributed by atoms with Gasteiger partial charge in [0.15, 0.2) is 12.4 Å². The summed E-state index contributed by atoms with van der Waals surface area (Å²) >= 11 is 0. The minimum absolute atomic E-state index is 0.373. The number of aliphatic carboxylic acids is 2. The molecule has 3 saturated heterocycles. The molecule has 4 aliphatic heterocycles. The summed E-state index contributed by atoms with van der Waals surface area (Å²) in [4.78, 5) is 24.3. The van der Waals surface area contributed by atoms with Gasteiger partial charge in [-0.15, -0.1) is 0 Å². The van der Waals surface area contributed by atoms with E-state index in [4.69, 9.17) is 33.2 Å². The lowest BCUT2D eigenvalue weighted by Crippen LogP contribution is -2.70. The summed E-state index contributed by atoms with van der Waals surface area (Å²) in [6.45, 7) is -0.470. The number of carbonyl (C=O) groups is 2. The van der Waals surface area contributed by atoms with Gasteiger partial charge >= 0.3 is 53.2 Å². The number of hydrogen-bond acceptors (Lipinski definition) is 25. The van der Waals surface area contributed by atoms with Gasteiger partial charge in [-0.2, -0.15) is 69.4 Å². The second kappa shape index (κ2) is 21.8. The van der Waals surface area contributed by atoms with Gasteiger partial charge < -0.3 is 63.8 Å². The zero-order valence-electron chi connectivity index (χ0n) is 34.0. The summed E-state index contributed by atoms with van der Waals surface area (Å²) in [5.41, 5.74) is 0. The maximum Gasteiger partial charge on any atom is 0.371 e. The molecule has 4 heterocycles. The summed E-state index contributed by atoms with van der Waals surface area (Å²) in [6, 6.07) is -9.39. The van der Waals surface area contributed by atoms with Crippen LogP contribution >= 0.6 is 0 Å². The third kappa shape index (κ3) is 17.0. The first-order valence-electron chi connectivity index (χ1n) is 18.5. The van der Waals surface area contributed by atoms with Crippen molar-refractivity contribution in [3.63, 3.8) is 0 Å². The molecule has 0 aromatic rings. The molecular formula is C26H44N4O33S6. The van der Waals surface area contributed by atoms with Crippen LogP contribution in [0.2, 0.25) is 0 Å². The van der Waals surface area contributed by atoms with Crippen molar-refractivity contribution in [3.8, 4) is 0 Å². The molecule has 16 N–H and O–H groups in total. The van der Waals surface area contributed by atoms with E-state index >= 15 is 0 Å². The van der Waals surface area contributed by atoms with E-state index in [0.717, 1.165) is 6.92 Å². The molecule has 0 saturated carbocycles. The van der Waals surface area contributed by atoms with Gasteiger partial charge in [0.25, 0.3) is 20.2 Å². The van der Waals surface area contributed by atoms with Crippen molar-refractivity contribution in [1.82, 2.24) is 18.9 Å². The molecule has 7 unspecified atom stereocenters. The quantitative estimate of drug-likeness (QED) is 0.0475. The van der Waals surface area contributed by atoms with E-state index in [1.54, 1.807) is 0 Å². The molecule has 3 fully saturated rings. The van der Waals surface area contributed by atoms with Crippen molar-refractivity contribution in [2.75, 3.05) is 18.1 Å². The highest BCUT2D eigenvalue weighted by Gasteiger charge is 2.56. The maximum absolute atomic E-state index is 12.6. The third-order valence-electron chi connectivity index (χ3n) is 9.97. The SMILES string of the molecule is C[C@@H]1OC(CS(=O)(=O)O)[C@H](O[C@@H]2OC(C(=O)O)[C@H](OC[C@@H]3OC(CS(=O)(=O)O)[C@H](O[C@@H]4OC(C(=O)O)=C[C@H](O)C4NS(=O)(=O)O)[C@H](O)C3NS(=O)(=O)O)[C@H](O)C2NS(=O)(=O)O)[C@H](O)C1NS(=O)(=O)O. The van der Waals surface area contributed by atoms with Crippen LogP contribution in [0.5, 0.6) is 0 Å². The molecule has 0 aliphatic carbocycles. The Kier molecular flexibility index (Phi) is 18.7. The predicted octanol–water partition coefficient (Wildman–Crippen LogP) is -9.91. The number of rotatable bonds is 21. The van der Waals surface area contributed by atoms with Gasteiger partial charge in [0, 0.05) is 0 Å². The van der Waals surface area contributed by atoms with E-state index < -0.39 is 207 Å². The standard InChI is InChI=1S/C26H44N4O33S6/c1-6-12(27-66(45,46)47)16(32)19(10(58-6)4-64(39,40)41)62-26-15(30-69(54,55)56)18(34)21(22(63-26)24(37)38)57-3-9-14(29-68(51,52)53)17(33)20(11(59-9)5-65(42,43)44)61-25-13(28-67(48,49)50)7(31)2-8(60-25)23(35)36/h2,6-7,9-22,25-34H,3-5H2,1H3,(H,35,36)(H,37,38)(H,39,40,41)(H,42,43,44)(H,45,46,47)(H,48,49,50)(H,51,52,53)(H,54,55,56)/t6-,7-,9-,10?,11?,12?,13?,14?,15?,16+,17+,18+,19-,20-,21+,22?,25-,26+/m0/s1. The van der Waals surface area contributed by atoms with Gasteiger partial charge in [-0.25, -0.2) is 9.59 Å². The number of hydrogen-bond donors (Lipinski definition) is 16. The largest absolute Gasteiger partial charge is 0.479 e. The molecule has 4 rings (SSSR count). The lowest BCUT2D eigenvalue weighted by Gasteiger charge is -2.48. The van der Waals surface area contributed by atoms with Crippen LogP contribution in [0.4, 0.5) is 0 Å². The molecule has 0 amide bonds. The summed E-state index contributed by atoms with van der Waals surface area (Å²) in [6.07, 6.45) is -33.8. The molecule has 0 aromatic carbocycles. The van der Waals surface area contributed by atoms with Crippen molar-refractivity contribution in [2.24, 2.45) is 0 Å². The fraction of sp³-hybridized carbons (Fsp3) is 0.846. The average molecular weight is 1130 g/mol. The fourth-order valence-corrected chi connectivity index (χ4v) is 11.2. The molecule has 43 heteroatoms. The molecule has 0 aromatic heterocycles. The number of aliphatic hydroxyl groups is 4. The monoisotopic (exact) mass is 1130 g/mol. The first-order valence-corrected chi connectivity index (χ1v) is 27.5. The molecule has 37 nitrogen and oxygen atoms in total. The summed E-state index contributed by atoms with van der Waals surface area (Å²) in [7, 11) is -32.4. The van der Waals surface area contributed by atoms with Gasteiger partial charge in [-0.05, 0) is 13.0 Å². The van der Waals surface area contributed by atoms with Crippen LogP contribution in [0.3, 0.4) is 0 Å². The summed E-state index contributed by atoms with van der Waals surface area (Å²) in [5, 5.41) is 64.1. The van der Waals surface area contributed by atoms with Crippen molar-refractivity contribution in [2.45, 2.75) is 117 Å². The number of carboxylic acid groups (broad SMARTS) is 2. The van der Waals surface area contributed by atoms with Gasteiger partial charge in [-0.1, -0.05) is 0 Å². The molecule has 18 atom stereocenters. The van der Waals surface area contributed by atoms with Crippen LogP contribution in [0, 0.1) is 0 Å². The van der Waals surface area contributed by atoms with E-state index in [1.807, 2.05) is 0 Å². The zero-order valence-corrected chi connectivity index (χ0v) is 38.9. The van der Waals surface area contributed by atoms with Crippen LogP contribution < -0.4 is 18.9 Å². The lowest BCUT2D eigenvalue weighted by atomic mass is 9.92. The second-order valence-corrected chi connectivity index (χ2v) is 22.8. The second-order valence-electron chi connectivity index (χ2n) is 15.1. The lowest BCUT2D eigenvalue weighted by molar-refractivity contribution is -0.310. The number of nitrogens with one attached hydrogen (secondary N) is 4. The highest BCUT2D eigenvalue weighted by Crippen LogP contribution is 2.34. The van der Waals surface area contributed by atoms with Crippen molar-refractivity contribution in [3.05, 3.63) is 11.8 Å². The van der Waals surface area contributed by atoms with Crippen LogP contribution in [0.1, 0.15) is 6.92 Å². The van der Waals surface area contributed by atoms with E-state index in [1.165, 1.54) is 18.9 Å². The number of ether oxygens (including phenoxy) is 7. The minimum atomic E-state index is -5.63. The van der Waals surface area contributed by atoms with Gasteiger partial charge in [-0.3, -0.25) is 27.3 Å². The molecule has 0 spiro atoms. The highest BCUT2D eigenvalue weighted by molar-refractivity contribution is 7.86. The Morgan fingerprint density at radius 2 is 0.986 bits per heavy atom. The Morgan fingerprint density at radius 1 is 0.565 bits per heavy atom. The summed E-state index contributed by atoms with van der Waals surface area (Å²) in [5.74, 6) is -8.60. The average Bonchev–Trinajstić information content (AvgIpc) is 3.13. The van der Waals surface area contributed by atoms with E-state index in [9.17, 15) is 118 Å². The van der Waals surface area contributed by atoms with Gasteiger partial charge in [0.05, 0.1) is 30.9 Å². The Hall–Kier alpha value is -2.62. The zero-order chi connectivity index (χ0) is 52.7. The Balaban J connectivity index is 1.74. The molecular weight excluding hydrogens is 1090 g/mol. The van der Waals surface area contributed by atoms with E-state index in [2.05, 4.69) is 0 Å². The third-order valence-corrected chi connectivity index (χ3v) is 13.7. The van der Waals surface area contributed by atoms with Crippen molar-refractivity contribution >= 4 is 73.4 Å². The van der Waals surface area contributed by atoms with Gasteiger partial charge in [0.1, 0.15) is 78.5 Å². The Bertz CT molecular complexity index is 2600. The van der Waals surface area contributed by atoms with E-state index in [-0.39, 0.29) is 0 Å². The maximum atomic E-state index is 12.6. The number of aliphatic hydroxyl groups excluding tert-OH is 4.